The molecule has 0 radical (unpaired) electrons. The molecule has 68 valence electrons. The lowest BCUT2D eigenvalue weighted by Gasteiger charge is -1.92. The molecule has 0 aromatic rings. The molecule has 6 nitrogen and oxygen atoms in total. The van der Waals surface area contributed by atoms with Crippen molar-refractivity contribution in [2.45, 2.75) is 20.3 Å². The van der Waals surface area contributed by atoms with Crippen molar-refractivity contribution < 1.29 is 19.2 Å². The summed E-state index contributed by atoms with van der Waals surface area (Å²) in [6.45, 7) is 3.44. The van der Waals surface area contributed by atoms with Crippen LogP contribution >= 0.6 is 0 Å². The Bertz CT molecular complexity index is 190. The Morgan fingerprint density at radius 1 is 1.33 bits per heavy atom. The minimum absolute atomic E-state index is 0.182. The molecule has 0 aromatic carbocycles. The van der Waals surface area contributed by atoms with Crippen LogP contribution in [0.3, 0.4) is 0 Å². The molecule has 0 saturated heterocycles. The lowest BCUT2D eigenvalue weighted by molar-refractivity contribution is -0.144. The average molecular weight is 174 g/mol. The van der Waals surface area contributed by atoms with E-state index in [2.05, 4.69) is 20.0 Å². The largest absolute Gasteiger partial charge is 0.455 e. The van der Waals surface area contributed by atoms with Crippen LogP contribution in [0.1, 0.15) is 20.3 Å². The lowest BCUT2D eigenvalue weighted by atomic mass is 10.5. The molecule has 0 heterocycles. The van der Waals surface area contributed by atoms with E-state index in [1.807, 2.05) is 0 Å². The quantitative estimate of drug-likeness (QED) is 0.479. The summed E-state index contributed by atoms with van der Waals surface area (Å²) in [6, 6.07) is 0. The zero-order valence-electron chi connectivity index (χ0n) is 6.94. The van der Waals surface area contributed by atoms with Crippen molar-refractivity contribution in [2.24, 2.45) is 10.4 Å². The van der Waals surface area contributed by atoms with Crippen LogP contribution in [0.5, 0.6) is 0 Å². The normalized spacial score (nSPS) is 9.83. The van der Waals surface area contributed by atoms with Gasteiger partial charge in [0.05, 0.1) is 6.61 Å². The maximum absolute atomic E-state index is 10.4. The van der Waals surface area contributed by atoms with Crippen LogP contribution in [0, 0.1) is 0 Å². The molecule has 0 atom stereocenters. The number of hydrogen-bond donors (Lipinski definition) is 0. The van der Waals surface area contributed by atoms with E-state index in [1.54, 1.807) is 13.8 Å². The molecule has 0 spiro atoms. The molecule has 12 heavy (non-hydrogen) atoms. The van der Waals surface area contributed by atoms with Gasteiger partial charge < -0.3 is 4.74 Å². The van der Waals surface area contributed by atoms with Gasteiger partial charge in [-0.05, 0) is 12.0 Å². The Labute approximate surface area is 69.5 Å². The van der Waals surface area contributed by atoms with Crippen LogP contribution in [0.15, 0.2) is 10.4 Å². The molecule has 0 aliphatic carbocycles. The van der Waals surface area contributed by atoms with Gasteiger partial charge in [0, 0.05) is 11.7 Å². The van der Waals surface area contributed by atoms with E-state index in [0.717, 1.165) is 0 Å². The van der Waals surface area contributed by atoms with E-state index in [9.17, 15) is 9.59 Å². The predicted octanol–water partition coefficient (Wildman–Crippen LogP) is 1.46. The van der Waals surface area contributed by atoms with Crippen molar-refractivity contribution in [2.75, 3.05) is 6.61 Å². The fourth-order valence-corrected chi connectivity index (χ4v) is 0.316. The number of carbonyl (C=O) groups excluding carboxylic acids is 2. The molecule has 0 aromatic heterocycles. The zero-order chi connectivity index (χ0) is 9.40. The van der Waals surface area contributed by atoms with Crippen LogP contribution in [0.25, 0.3) is 0 Å². The molecule has 0 rings (SSSR count). The van der Waals surface area contributed by atoms with E-state index >= 15 is 0 Å². The second-order valence-electron chi connectivity index (χ2n) is 1.70. The smallest absolute Gasteiger partial charge is 0.447 e. The summed E-state index contributed by atoms with van der Waals surface area (Å²) in [5, 5.41) is 5.78. The van der Waals surface area contributed by atoms with Crippen molar-refractivity contribution in [3.63, 3.8) is 0 Å². The SMILES string of the molecule is CCOC(=O)N=NOC(=O)CC. The van der Waals surface area contributed by atoms with Gasteiger partial charge >= 0.3 is 12.1 Å². The van der Waals surface area contributed by atoms with Gasteiger partial charge in [0.25, 0.3) is 0 Å². The summed E-state index contributed by atoms with van der Waals surface area (Å²) in [5.41, 5.74) is 0. The van der Waals surface area contributed by atoms with Crippen molar-refractivity contribution in [3.8, 4) is 0 Å². The second kappa shape index (κ2) is 6.26. The highest BCUT2D eigenvalue weighted by atomic mass is 16.7. The Kier molecular flexibility index (Phi) is 5.50. The first kappa shape index (κ1) is 10.5. The molecule has 0 fully saturated rings. The van der Waals surface area contributed by atoms with E-state index in [4.69, 9.17) is 0 Å². The van der Waals surface area contributed by atoms with E-state index in [-0.39, 0.29) is 13.0 Å². The standard InChI is InChI=1S/C6H10N2O4/c1-3-5(9)12-8-7-6(10)11-4-2/h3-4H2,1-2H3. The molecule has 1 amide bonds. The van der Waals surface area contributed by atoms with Gasteiger partial charge in [-0.15, -0.1) is 0 Å². The van der Waals surface area contributed by atoms with Crippen LogP contribution in [-0.2, 0) is 14.4 Å². The summed E-state index contributed by atoms with van der Waals surface area (Å²) >= 11 is 0. The Morgan fingerprint density at radius 2 is 2.00 bits per heavy atom. The minimum Gasteiger partial charge on any atom is -0.447 e. The first-order valence-corrected chi connectivity index (χ1v) is 3.48. The van der Waals surface area contributed by atoms with Crippen LogP contribution in [0.2, 0.25) is 0 Å². The van der Waals surface area contributed by atoms with E-state index in [0.29, 0.717) is 0 Å². The van der Waals surface area contributed by atoms with Crippen molar-refractivity contribution in [1.82, 2.24) is 0 Å². The number of amides is 1. The number of carbonyl (C=O) groups is 2. The maximum Gasteiger partial charge on any atom is 0.455 e. The number of hydrogen-bond acceptors (Lipinski definition) is 5. The third-order valence-electron chi connectivity index (χ3n) is 0.822. The first-order chi connectivity index (χ1) is 5.70. The third-order valence-corrected chi connectivity index (χ3v) is 0.822. The predicted molar refractivity (Wildman–Crippen MR) is 38.3 cm³/mol. The Morgan fingerprint density at radius 3 is 2.50 bits per heavy atom. The van der Waals surface area contributed by atoms with Gasteiger partial charge in [-0.1, -0.05) is 6.92 Å². The molecule has 6 heteroatoms. The van der Waals surface area contributed by atoms with Gasteiger partial charge in [0.1, 0.15) is 0 Å². The lowest BCUT2D eigenvalue weighted by Crippen LogP contribution is -1.99. The number of rotatable bonds is 3. The summed E-state index contributed by atoms with van der Waals surface area (Å²) in [4.78, 5) is 25.0. The molecular formula is C6H10N2O4. The molecule has 0 unspecified atom stereocenters. The van der Waals surface area contributed by atoms with Gasteiger partial charge in [0.15, 0.2) is 0 Å². The molecular weight excluding hydrogens is 164 g/mol. The summed E-state index contributed by atoms with van der Waals surface area (Å²) < 4.78 is 4.37. The van der Waals surface area contributed by atoms with Crippen molar-refractivity contribution in [1.29, 1.82) is 0 Å². The Balaban J connectivity index is 3.61. The molecule has 0 N–H and O–H groups in total. The van der Waals surface area contributed by atoms with E-state index < -0.39 is 12.1 Å². The Hall–Kier alpha value is -1.46. The van der Waals surface area contributed by atoms with Crippen LogP contribution in [-0.4, -0.2) is 18.7 Å². The summed E-state index contributed by atoms with van der Waals surface area (Å²) in [7, 11) is 0. The van der Waals surface area contributed by atoms with Gasteiger partial charge in [-0.3, -0.25) is 4.84 Å². The molecule has 0 saturated carbocycles. The highest BCUT2D eigenvalue weighted by Gasteiger charge is 1.99. The van der Waals surface area contributed by atoms with Crippen LogP contribution in [0.4, 0.5) is 4.79 Å². The zero-order valence-corrected chi connectivity index (χ0v) is 6.94. The topological polar surface area (TPSA) is 77.3 Å². The summed E-state index contributed by atoms with van der Waals surface area (Å²) in [5.74, 6) is -0.553. The van der Waals surface area contributed by atoms with Gasteiger partial charge in [-0.2, -0.15) is 0 Å². The number of ether oxygens (including phenoxy) is 1. The fourth-order valence-electron chi connectivity index (χ4n) is 0.316. The maximum atomic E-state index is 10.4. The molecule has 0 aliphatic rings. The minimum atomic E-state index is -0.874. The molecule has 0 bridgehead atoms. The highest BCUT2D eigenvalue weighted by molar-refractivity contribution is 5.69. The van der Waals surface area contributed by atoms with Gasteiger partial charge in [-0.25, -0.2) is 9.59 Å². The highest BCUT2D eigenvalue weighted by Crippen LogP contribution is 1.89. The fraction of sp³-hybridized carbons (Fsp3) is 0.667. The monoisotopic (exact) mass is 174 g/mol. The first-order valence-electron chi connectivity index (χ1n) is 3.48. The molecule has 0 aliphatic heterocycles. The van der Waals surface area contributed by atoms with E-state index in [1.165, 1.54) is 0 Å². The van der Waals surface area contributed by atoms with Crippen molar-refractivity contribution >= 4 is 12.1 Å². The third kappa shape index (κ3) is 5.33. The summed E-state index contributed by atoms with van der Waals surface area (Å²) in [6.07, 6.45) is -0.691. The van der Waals surface area contributed by atoms with Crippen LogP contribution < -0.4 is 0 Å². The van der Waals surface area contributed by atoms with Gasteiger partial charge in [0.2, 0.25) is 0 Å². The average Bonchev–Trinajstić information content (AvgIpc) is 2.04. The second-order valence-corrected chi connectivity index (χ2v) is 1.70. The van der Waals surface area contributed by atoms with Crippen molar-refractivity contribution in [3.05, 3.63) is 0 Å². The number of nitrogens with zero attached hydrogens (tertiary/aromatic N) is 2.